The minimum absolute atomic E-state index is 0.0671. The molecule has 2 heterocycles. The third-order valence-corrected chi connectivity index (χ3v) is 4.86. The van der Waals surface area contributed by atoms with E-state index in [1.165, 1.54) is 25.7 Å². The largest absolute Gasteiger partial charge is 0.464 e. The van der Waals surface area contributed by atoms with Crippen molar-refractivity contribution in [2.45, 2.75) is 71.5 Å². The fourth-order valence-electron chi connectivity index (χ4n) is 3.37. The normalized spacial score (nSPS) is 16.8. The number of hydrogen-bond acceptors (Lipinski definition) is 4. The maximum absolute atomic E-state index is 5.74. The number of aromatic nitrogens is 3. The maximum atomic E-state index is 5.74. The Morgan fingerprint density at radius 2 is 2.19 bits per heavy atom. The second-order valence-electron chi connectivity index (χ2n) is 6.96. The average Bonchev–Trinajstić information content (AvgIpc) is 3.36. The summed E-state index contributed by atoms with van der Waals surface area (Å²) in [5, 5.41) is 15.2. The van der Waals surface area contributed by atoms with Gasteiger partial charge >= 0.3 is 0 Å². The quantitative estimate of drug-likeness (QED) is 0.587. The van der Waals surface area contributed by atoms with Gasteiger partial charge in [-0.15, -0.1) is 10.2 Å². The SMILES string of the molecule is CCc1nncn1CCN=C(NC1CCCC1)NC(C)c1ccc(C)o1. The molecule has 1 unspecified atom stereocenters. The standard InChI is InChI=1S/C19H30N6O/c1-4-18-24-21-13-25(18)12-11-20-19(23-16-7-5-6-8-16)22-15(3)17-10-9-14(2)26-17/h9-10,13,15-16H,4-8,11-12H2,1-3H3,(H2,20,22,23). The molecular weight excluding hydrogens is 328 g/mol. The van der Waals surface area contributed by atoms with E-state index in [2.05, 4.69) is 39.2 Å². The topological polar surface area (TPSA) is 80.3 Å². The Morgan fingerprint density at radius 3 is 2.88 bits per heavy atom. The number of aliphatic imine (C=N–C) groups is 1. The summed E-state index contributed by atoms with van der Waals surface area (Å²) in [5.74, 6) is 3.70. The maximum Gasteiger partial charge on any atom is 0.192 e. The van der Waals surface area contributed by atoms with E-state index in [1.54, 1.807) is 6.33 Å². The lowest BCUT2D eigenvalue weighted by Gasteiger charge is -2.20. The minimum Gasteiger partial charge on any atom is -0.464 e. The molecule has 0 aromatic carbocycles. The van der Waals surface area contributed by atoms with Crippen molar-refractivity contribution in [1.82, 2.24) is 25.4 Å². The molecule has 0 amide bonds. The van der Waals surface area contributed by atoms with Crippen LogP contribution in [0.3, 0.4) is 0 Å². The first-order chi connectivity index (χ1) is 12.7. The Balaban J connectivity index is 1.63. The number of rotatable bonds is 7. The summed E-state index contributed by atoms with van der Waals surface area (Å²) in [4.78, 5) is 4.79. The number of nitrogens with zero attached hydrogens (tertiary/aromatic N) is 4. The van der Waals surface area contributed by atoms with Crippen LogP contribution in [0.25, 0.3) is 0 Å². The number of hydrogen-bond donors (Lipinski definition) is 2. The highest BCUT2D eigenvalue weighted by Gasteiger charge is 2.18. The lowest BCUT2D eigenvalue weighted by molar-refractivity contribution is 0.439. The summed E-state index contributed by atoms with van der Waals surface area (Å²) in [6.45, 7) is 7.61. The summed E-state index contributed by atoms with van der Waals surface area (Å²) >= 11 is 0. The molecule has 1 saturated carbocycles. The van der Waals surface area contributed by atoms with Crippen LogP contribution in [0.4, 0.5) is 0 Å². The number of aryl methyl sites for hydroxylation is 2. The second kappa shape index (κ2) is 8.87. The fraction of sp³-hybridized carbons (Fsp3) is 0.632. The molecule has 2 aromatic rings. The van der Waals surface area contributed by atoms with Crippen molar-refractivity contribution < 1.29 is 4.42 Å². The Labute approximate surface area is 155 Å². The van der Waals surface area contributed by atoms with Crippen molar-refractivity contribution >= 4 is 5.96 Å². The fourth-order valence-corrected chi connectivity index (χ4v) is 3.37. The first kappa shape index (κ1) is 18.5. The van der Waals surface area contributed by atoms with E-state index in [1.807, 2.05) is 19.1 Å². The summed E-state index contributed by atoms with van der Waals surface area (Å²) in [6, 6.07) is 4.59. The van der Waals surface area contributed by atoms with Crippen molar-refractivity contribution in [2.75, 3.05) is 6.54 Å². The smallest absolute Gasteiger partial charge is 0.192 e. The lowest BCUT2D eigenvalue weighted by atomic mass is 10.2. The molecule has 0 saturated heterocycles. The molecule has 0 bridgehead atoms. The second-order valence-corrected chi connectivity index (χ2v) is 6.96. The van der Waals surface area contributed by atoms with Crippen LogP contribution in [0, 0.1) is 6.92 Å². The number of nitrogens with one attached hydrogen (secondary N) is 2. The van der Waals surface area contributed by atoms with E-state index in [4.69, 9.17) is 9.41 Å². The first-order valence-corrected chi connectivity index (χ1v) is 9.66. The molecule has 1 fully saturated rings. The van der Waals surface area contributed by atoms with Crippen LogP contribution in [0.15, 0.2) is 27.9 Å². The van der Waals surface area contributed by atoms with Gasteiger partial charge in [0.1, 0.15) is 23.7 Å². The molecule has 1 aliphatic carbocycles. The summed E-state index contributed by atoms with van der Waals surface area (Å²) in [5.41, 5.74) is 0. The van der Waals surface area contributed by atoms with E-state index in [-0.39, 0.29) is 6.04 Å². The zero-order valence-electron chi connectivity index (χ0n) is 16.0. The van der Waals surface area contributed by atoms with Gasteiger partial charge in [0.25, 0.3) is 0 Å². The van der Waals surface area contributed by atoms with Crippen LogP contribution in [-0.2, 0) is 13.0 Å². The van der Waals surface area contributed by atoms with Crippen molar-refractivity contribution in [3.05, 3.63) is 35.8 Å². The molecule has 2 N–H and O–H groups in total. The molecule has 26 heavy (non-hydrogen) atoms. The van der Waals surface area contributed by atoms with E-state index in [0.717, 1.165) is 36.3 Å². The first-order valence-electron chi connectivity index (χ1n) is 9.66. The van der Waals surface area contributed by atoms with Crippen LogP contribution >= 0.6 is 0 Å². The van der Waals surface area contributed by atoms with Crippen LogP contribution < -0.4 is 10.6 Å². The van der Waals surface area contributed by atoms with Gasteiger partial charge in [0.15, 0.2) is 5.96 Å². The molecule has 142 valence electrons. The highest BCUT2D eigenvalue weighted by molar-refractivity contribution is 5.80. The molecule has 0 spiro atoms. The Bertz CT molecular complexity index is 713. The molecule has 7 heteroatoms. The van der Waals surface area contributed by atoms with Crippen molar-refractivity contribution in [2.24, 2.45) is 4.99 Å². The third kappa shape index (κ3) is 4.86. The van der Waals surface area contributed by atoms with Gasteiger partial charge in [0.05, 0.1) is 12.6 Å². The zero-order valence-corrected chi connectivity index (χ0v) is 16.0. The average molecular weight is 358 g/mol. The zero-order chi connectivity index (χ0) is 18.4. The van der Waals surface area contributed by atoms with Gasteiger partial charge in [0, 0.05) is 19.0 Å². The van der Waals surface area contributed by atoms with E-state index < -0.39 is 0 Å². The summed E-state index contributed by atoms with van der Waals surface area (Å²) in [7, 11) is 0. The van der Waals surface area contributed by atoms with Gasteiger partial charge in [-0.25, -0.2) is 0 Å². The van der Waals surface area contributed by atoms with E-state index >= 15 is 0 Å². The number of furan rings is 1. The molecule has 7 nitrogen and oxygen atoms in total. The van der Waals surface area contributed by atoms with Crippen LogP contribution in [-0.4, -0.2) is 33.3 Å². The molecule has 1 atom stereocenters. The lowest BCUT2D eigenvalue weighted by Crippen LogP contribution is -2.43. The molecule has 0 aliphatic heterocycles. The van der Waals surface area contributed by atoms with Gasteiger partial charge in [0.2, 0.25) is 0 Å². The minimum atomic E-state index is 0.0671. The van der Waals surface area contributed by atoms with Gasteiger partial charge in [-0.2, -0.15) is 0 Å². The molecule has 2 aromatic heterocycles. The Morgan fingerprint density at radius 1 is 1.38 bits per heavy atom. The Hall–Kier alpha value is -2.31. The Kier molecular flexibility index (Phi) is 6.30. The monoisotopic (exact) mass is 358 g/mol. The van der Waals surface area contributed by atoms with Gasteiger partial charge in [-0.05, 0) is 38.8 Å². The van der Waals surface area contributed by atoms with Crippen LogP contribution in [0.2, 0.25) is 0 Å². The van der Waals surface area contributed by atoms with Crippen molar-refractivity contribution in [3.63, 3.8) is 0 Å². The van der Waals surface area contributed by atoms with Gasteiger partial charge in [-0.3, -0.25) is 4.99 Å². The highest BCUT2D eigenvalue weighted by atomic mass is 16.3. The summed E-state index contributed by atoms with van der Waals surface area (Å²) in [6.07, 6.45) is 7.65. The van der Waals surface area contributed by atoms with Crippen molar-refractivity contribution in [3.8, 4) is 0 Å². The molecular formula is C19H30N6O. The number of guanidine groups is 1. The van der Waals surface area contributed by atoms with Crippen LogP contribution in [0.5, 0.6) is 0 Å². The summed E-state index contributed by atoms with van der Waals surface area (Å²) < 4.78 is 7.81. The van der Waals surface area contributed by atoms with Crippen LogP contribution in [0.1, 0.15) is 62.9 Å². The molecule has 0 radical (unpaired) electrons. The van der Waals surface area contributed by atoms with E-state index in [0.29, 0.717) is 12.6 Å². The molecule has 1 aliphatic rings. The predicted octanol–water partition coefficient (Wildman–Crippen LogP) is 2.98. The predicted molar refractivity (Wildman–Crippen MR) is 102 cm³/mol. The van der Waals surface area contributed by atoms with Crippen molar-refractivity contribution in [1.29, 1.82) is 0 Å². The third-order valence-electron chi connectivity index (χ3n) is 4.86. The van der Waals surface area contributed by atoms with E-state index in [9.17, 15) is 0 Å². The van der Waals surface area contributed by atoms with Gasteiger partial charge < -0.3 is 19.6 Å². The van der Waals surface area contributed by atoms with Gasteiger partial charge in [-0.1, -0.05) is 19.8 Å². The molecule has 3 rings (SSSR count). The highest BCUT2D eigenvalue weighted by Crippen LogP contribution is 2.18.